The van der Waals surface area contributed by atoms with Crippen LogP contribution in [0.1, 0.15) is 6.42 Å². The molecule has 0 radical (unpaired) electrons. The molecular weight excluding hydrogens is 194 g/mol. The summed E-state index contributed by atoms with van der Waals surface area (Å²) in [6, 6.07) is 3.44. The average molecular weight is 207 g/mol. The molecule has 3 N–H and O–H groups in total. The number of hydrogen-bond acceptors (Lipinski definition) is 4. The number of aromatic nitrogens is 1. The van der Waals surface area contributed by atoms with Crippen LogP contribution in [0.25, 0.3) is 0 Å². The summed E-state index contributed by atoms with van der Waals surface area (Å²) in [7, 11) is 0. The lowest BCUT2D eigenvalue weighted by molar-refractivity contribution is -0.117. The highest BCUT2D eigenvalue weighted by molar-refractivity contribution is 5.97. The Morgan fingerprint density at radius 2 is 2.47 bits per heavy atom. The number of carbonyl (C=O) groups excluding carboxylic acids is 1. The van der Waals surface area contributed by atoms with E-state index >= 15 is 0 Å². The summed E-state index contributed by atoms with van der Waals surface area (Å²) in [6.07, 6.45) is 1.97. The summed E-state index contributed by atoms with van der Waals surface area (Å²) in [5.74, 6) is 0.469. The van der Waals surface area contributed by atoms with Crippen LogP contribution < -0.4 is 10.6 Å². The van der Waals surface area contributed by atoms with E-state index in [9.17, 15) is 4.79 Å². The molecular formula is C10H13N3O2. The van der Waals surface area contributed by atoms with E-state index in [2.05, 4.69) is 4.98 Å². The first-order chi connectivity index (χ1) is 7.22. The van der Waals surface area contributed by atoms with Crippen LogP contribution in [0.3, 0.4) is 0 Å². The van der Waals surface area contributed by atoms with Gasteiger partial charge in [-0.2, -0.15) is 0 Å². The lowest BCUT2D eigenvalue weighted by atomic mass is 10.1. The first-order valence-electron chi connectivity index (χ1n) is 4.84. The lowest BCUT2D eigenvalue weighted by Crippen LogP contribution is -2.26. The van der Waals surface area contributed by atoms with Gasteiger partial charge in [-0.15, -0.1) is 0 Å². The number of aliphatic hydroxyl groups excluding tert-OH is 1. The van der Waals surface area contributed by atoms with E-state index in [-0.39, 0.29) is 18.4 Å². The van der Waals surface area contributed by atoms with Gasteiger partial charge in [-0.05, 0) is 12.1 Å². The molecule has 1 atom stereocenters. The fourth-order valence-electron chi connectivity index (χ4n) is 1.74. The monoisotopic (exact) mass is 207 g/mol. The van der Waals surface area contributed by atoms with Gasteiger partial charge in [0.15, 0.2) is 5.82 Å². The Kier molecular flexibility index (Phi) is 2.55. The molecule has 2 heterocycles. The van der Waals surface area contributed by atoms with E-state index in [0.29, 0.717) is 24.5 Å². The normalized spacial score (nSPS) is 21.0. The minimum absolute atomic E-state index is 0.00101. The summed E-state index contributed by atoms with van der Waals surface area (Å²) < 4.78 is 0. The largest absolute Gasteiger partial charge is 0.396 e. The number of amides is 1. The highest BCUT2D eigenvalue weighted by Gasteiger charge is 2.31. The molecule has 1 aliphatic heterocycles. The van der Waals surface area contributed by atoms with Crippen molar-refractivity contribution in [1.82, 2.24) is 4.98 Å². The molecule has 0 spiro atoms. The second kappa shape index (κ2) is 3.86. The number of nitrogen functional groups attached to an aromatic ring is 1. The molecule has 80 valence electrons. The predicted molar refractivity (Wildman–Crippen MR) is 56.2 cm³/mol. The van der Waals surface area contributed by atoms with Gasteiger partial charge < -0.3 is 10.8 Å². The highest BCUT2D eigenvalue weighted by atomic mass is 16.3. The van der Waals surface area contributed by atoms with Crippen molar-refractivity contribution >= 4 is 17.4 Å². The second-order valence-corrected chi connectivity index (χ2v) is 3.67. The van der Waals surface area contributed by atoms with Gasteiger partial charge in [-0.1, -0.05) is 0 Å². The Morgan fingerprint density at radius 3 is 3.07 bits per heavy atom. The summed E-state index contributed by atoms with van der Waals surface area (Å²) in [4.78, 5) is 17.2. The van der Waals surface area contributed by atoms with Crippen molar-refractivity contribution in [2.24, 2.45) is 5.92 Å². The Balaban J connectivity index is 2.25. The zero-order valence-corrected chi connectivity index (χ0v) is 8.26. The fourth-order valence-corrected chi connectivity index (χ4v) is 1.74. The molecule has 1 unspecified atom stereocenters. The number of hydrogen-bond donors (Lipinski definition) is 2. The summed E-state index contributed by atoms with van der Waals surface area (Å²) in [6.45, 7) is 0.519. The first kappa shape index (κ1) is 9.92. The molecule has 1 aliphatic rings. The van der Waals surface area contributed by atoms with Crippen molar-refractivity contribution < 1.29 is 9.90 Å². The maximum Gasteiger partial charge on any atom is 0.228 e. The van der Waals surface area contributed by atoms with Crippen LogP contribution in [0, 0.1) is 5.92 Å². The average Bonchev–Trinajstić information content (AvgIpc) is 2.60. The van der Waals surface area contributed by atoms with Gasteiger partial charge in [0.05, 0.1) is 5.69 Å². The van der Waals surface area contributed by atoms with Crippen LogP contribution in [0.2, 0.25) is 0 Å². The molecule has 0 saturated carbocycles. The van der Waals surface area contributed by atoms with Gasteiger partial charge in [-0.3, -0.25) is 9.69 Å². The Morgan fingerprint density at radius 1 is 1.67 bits per heavy atom. The standard InChI is InChI=1S/C10H13N3O2/c11-8-2-1-3-12-10(8)13-5-7(6-14)4-9(13)15/h1-3,7,14H,4-6,11H2. The molecule has 2 rings (SSSR count). The fraction of sp³-hybridized carbons (Fsp3) is 0.400. The maximum atomic E-state index is 11.6. The Hall–Kier alpha value is -1.62. The van der Waals surface area contributed by atoms with E-state index in [1.165, 1.54) is 4.90 Å². The minimum Gasteiger partial charge on any atom is -0.396 e. The van der Waals surface area contributed by atoms with Crippen LogP contribution in [0.15, 0.2) is 18.3 Å². The van der Waals surface area contributed by atoms with Gasteiger partial charge in [0.25, 0.3) is 0 Å². The third kappa shape index (κ3) is 1.78. The van der Waals surface area contributed by atoms with Crippen LogP contribution in [0.5, 0.6) is 0 Å². The number of aliphatic hydroxyl groups is 1. The summed E-state index contributed by atoms with van der Waals surface area (Å²) >= 11 is 0. The van der Waals surface area contributed by atoms with Crippen molar-refractivity contribution in [2.75, 3.05) is 23.8 Å². The molecule has 1 saturated heterocycles. The van der Waals surface area contributed by atoms with Crippen LogP contribution in [-0.4, -0.2) is 29.1 Å². The van der Waals surface area contributed by atoms with E-state index in [4.69, 9.17) is 10.8 Å². The van der Waals surface area contributed by atoms with Gasteiger partial charge in [0.1, 0.15) is 0 Å². The number of nitrogens with two attached hydrogens (primary N) is 1. The topological polar surface area (TPSA) is 79.4 Å². The zero-order valence-electron chi connectivity index (χ0n) is 8.26. The van der Waals surface area contributed by atoms with Crippen molar-refractivity contribution in [3.8, 4) is 0 Å². The SMILES string of the molecule is Nc1cccnc1N1CC(CO)CC1=O. The minimum atomic E-state index is -0.0283. The molecule has 15 heavy (non-hydrogen) atoms. The summed E-state index contributed by atoms with van der Waals surface area (Å²) in [5.41, 5.74) is 6.22. The number of carbonyl (C=O) groups is 1. The van der Waals surface area contributed by atoms with Crippen molar-refractivity contribution in [2.45, 2.75) is 6.42 Å². The zero-order chi connectivity index (χ0) is 10.8. The molecule has 0 aromatic carbocycles. The number of rotatable bonds is 2. The second-order valence-electron chi connectivity index (χ2n) is 3.67. The Labute approximate surface area is 87.5 Å². The molecule has 0 aliphatic carbocycles. The molecule has 5 heteroatoms. The molecule has 1 fully saturated rings. The molecule has 1 amide bonds. The number of nitrogens with zero attached hydrogens (tertiary/aromatic N) is 2. The van der Waals surface area contributed by atoms with Crippen molar-refractivity contribution in [3.05, 3.63) is 18.3 Å². The first-order valence-corrected chi connectivity index (χ1v) is 4.84. The van der Waals surface area contributed by atoms with Gasteiger partial charge in [-0.25, -0.2) is 4.98 Å². The number of pyridine rings is 1. The van der Waals surface area contributed by atoms with Crippen molar-refractivity contribution in [1.29, 1.82) is 0 Å². The molecule has 0 bridgehead atoms. The number of anilines is 2. The van der Waals surface area contributed by atoms with E-state index in [0.717, 1.165) is 0 Å². The smallest absolute Gasteiger partial charge is 0.228 e. The maximum absolute atomic E-state index is 11.6. The van der Waals surface area contributed by atoms with Gasteiger partial charge in [0.2, 0.25) is 5.91 Å². The third-order valence-corrected chi connectivity index (χ3v) is 2.54. The van der Waals surface area contributed by atoms with Crippen LogP contribution in [0.4, 0.5) is 11.5 Å². The summed E-state index contributed by atoms with van der Waals surface area (Å²) in [5, 5.41) is 8.99. The predicted octanol–water partition coefficient (Wildman–Crippen LogP) is 0.00900. The Bertz CT molecular complexity index is 381. The molecule has 5 nitrogen and oxygen atoms in total. The molecule has 1 aromatic heterocycles. The van der Waals surface area contributed by atoms with Gasteiger partial charge in [0, 0.05) is 31.7 Å². The van der Waals surface area contributed by atoms with Crippen LogP contribution in [-0.2, 0) is 4.79 Å². The van der Waals surface area contributed by atoms with E-state index in [1.54, 1.807) is 18.3 Å². The molecule has 1 aromatic rings. The van der Waals surface area contributed by atoms with Crippen LogP contribution >= 0.6 is 0 Å². The quantitative estimate of drug-likeness (QED) is 0.716. The van der Waals surface area contributed by atoms with E-state index < -0.39 is 0 Å². The lowest BCUT2D eigenvalue weighted by Gasteiger charge is -2.16. The van der Waals surface area contributed by atoms with Gasteiger partial charge >= 0.3 is 0 Å². The third-order valence-electron chi connectivity index (χ3n) is 2.54. The highest BCUT2D eigenvalue weighted by Crippen LogP contribution is 2.26. The van der Waals surface area contributed by atoms with E-state index in [1.807, 2.05) is 0 Å². The van der Waals surface area contributed by atoms with Crippen molar-refractivity contribution in [3.63, 3.8) is 0 Å².